The number of amides is 1. The van der Waals surface area contributed by atoms with Gasteiger partial charge < -0.3 is 10.2 Å². The number of hydrogen-bond donors (Lipinski definition) is 1. The van der Waals surface area contributed by atoms with Crippen LogP contribution in [0.2, 0.25) is 10.0 Å². The molecule has 0 saturated heterocycles. The third-order valence-electron chi connectivity index (χ3n) is 7.21. The number of likely N-dealkylation sites (N-methyl/N-ethyl adjacent to an activating group) is 1. The van der Waals surface area contributed by atoms with Gasteiger partial charge in [0.2, 0.25) is 5.91 Å². The zero-order valence-corrected chi connectivity index (χ0v) is 23.9. The molecule has 196 valence electrons. The largest absolute Gasteiger partial charge is 0.340 e. The Labute approximate surface area is 236 Å². The number of thiophene rings is 1. The van der Waals surface area contributed by atoms with Crippen molar-refractivity contribution in [3.63, 3.8) is 0 Å². The van der Waals surface area contributed by atoms with E-state index in [1.807, 2.05) is 23.1 Å². The molecule has 2 aromatic heterocycles. The monoisotopic (exact) mass is 565 g/mol. The number of benzene rings is 2. The van der Waals surface area contributed by atoms with Crippen molar-refractivity contribution in [2.24, 2.45) is 0 Å². The third kappa shape index (κ3) is 5.43. The molecular weight excluding hydrogens is 537 g/mol. The fraction of sp³-hybridized carbons (Fsp3) is 0.276. The Morgan fingerprint density at radius 2 is 1.95 bits per heavy atom. The molecule has 0 aliphatic carbocycles. The van der Waals surface area contributed by atoms with Gasteiger partial charge in [0, 0.05) is 35.3 Å². The van der Waals surface area contributed by atoms with E-state index in [2.05, 4.69) is 65.3 Å². The van der Waals surface area contributed by atoms with Crippen molar-refractivity contribution in [1.82, 2.24) is 19.8 Å². The Hall–Kier alpha value is -2.97. The summed E-state index contributed by atoms with van der Waals surface area (Å²) in [7, 11) is 2.08. The lowest BCUT2D eigenvalue weighted by Crippen LogP contribution is -2.39. The summed E-state index contributed by atoms with van der Waals surface area (Å²) in [5, 5.41) is 5.35. The first-order valence-electron chi connectivity index (χ1n) is 12.4. The number of rotatable bonds is 7. The maximum absolute atomic E-state index is 13.1. The van der Waals surface area contributed by atoms with Gasteiger partial charge in [-0.05, 0) is 56.6 Å². The molecular formula is C29H29Cl2N5OS. The minimum atomic E-state index is -0.143. The Morgan fingerprint density at radius 1 is 1.16 bits per heavy atom. The Morgan fingerprint density at radius 3 is 2.71 bits per heavy atom. The summed E-state index contributed by atoms with van der Waals surface area (Å²) >= 11 is 13.9. The van der Waals surface area contributed by atoms with Crippen molar-refractivity contribution < 1.29 is 4.79 Å². The first-order valence-corrected chi connectivity index (χ1v) is 14.0. The minimum Gasteiger partial charge on any atom is -0.340 e. The van der Waals surface area contributed by atoms with Crippen LogP contribution >= 0.6 is 34.5 Å². The molecule has 0 unspecified atom stereocenters. The van der Waals surface area contributed by atoms with Crippen LogP contribution in [0.5, 0.6) is 0 Å². The summed E-state index contributed by atoms with van der Waals surface area (Å²) in [5.41, 5.74) is 3.10. The Kier molecular flexibility index (Phi) is 7.73. The van der Waals surface area contributed by atoms with Gasteiger partial charge in [-0.2, -0.15) is 0 Å². The summed E-state index contributed by atoms with van der Waals surface area (Å²) in [4.78, 5) is 28.3. The number of carbonyl (C=O) groups excluding carboxylic acids is 1. The van der Waals surface area contributed by atoms with Gasteiger partial charge in [-0.3, -0.25) is 9.69 Å². The van der Waals surface area contributed by atoms with Crippen molar-refractivity contribution >= 4 is 62.2 Å². The molecule has 0 saturated carbocycles. The molecule has 0 atom stereocenters. The third-order valence-corrected chi connectivity index (χ3v) is 9.07. The standard InChI is InChI=1S/C29H29Cl2N5OS/c1-29(2,19-8-5-4-6-9-19)35(3)14-7-10-25(37)36-15-13-21-24(17-36)38-28-26(21)27(32-18-33-28)34-20-11-12-22(30)23(31)16-20/h4-12,16,18H,13-15,17H2,1-3H3,(H,32,33,34)/b10-7+. The van der Waals surface area contributed by atoms with Crippen LogP contribution in [0.15, 0.2) is 67.0 Å². The molecule has 1 amide bonds. The molecule has 3 heterocycles. The number of hydrogen-bond acceptors (Lipinski definition) is 6. The van der Waals surface area contributed by atoms with Gasteiger partial charge in [0.1, 0.15) is 17.0 Å². The van der Waals surface area contributed by atoms with Crippen LogP contribution < -0.4 is 5.32 Å². The van der Waals surface area contributed by atoms with E-state index in [1.54, 1.807) is 35.9 Å². The van der Waals surface area contributed by atoms with E-state index in [0.717, 1.165) is 33.0 Å². The predicted octanol–water partition coefficient (Wildman–Crippen LogP) is 7.05. The molecule has 1 N–H and O–H groups in total. The fourth-order valence-electron chi connectivity index (χ4n) is 4.63. The average Bonchev–Trinajstić information content (AvgIpc) is 3.30. The van der Waals surface area contributed by atoms with Crippen LogP contribution in [0, 0.1) is 0 Å². The highest BCUT2D eigenvalue weighted by molar-refractivity contribution is 7.19. The molecule has 0 bridgehead atoms. The zero-order valence-electron chi connectivity index (χ0n) is 21.5. The van der Waals surface area contributed by atoms with E-state index in [4.69, 9.17) is 23.2 Å². The minimum absolute atomic E-state index is 0.0271. The molecule has 2 aromatic carbocycles. The first-order chi connectivity index (χ1) is 18.2. The quantitative estimate of drug-likeness (QED) is 0.243. The first kappa shape index (κ1) is 26.6. The zero-order chi connectivity index (χ0) is 26.9. The molecule has 9 heteroatoms. The molecule has 0 fully saturated rings. The topological polar surface area (TPSA) is 61.4 Å². The fourth-order valence-corrected chi connectivity index (χ4v) is 6.13. The number of fused-ring (bicyclic) bond motifs is 3. The Bertz CT molecular complexity index is 1500. The van der Waals surface area contributed by atoms with Gasteiger partial charge in [-0.1, -0.05) is 59.6 Å². The highest BCUT2D eigenvalue weighted by Gasteiger charge is 2.27. The summed E-state index contributed by atoms with van der Waals surface area (Å²) < 4.78 is 0. The molecule has 1 aliphatic rings. The van der Waals surface area contributed by atoms with E-state index in [0.29, 0.717) is 29.7 Å². The van der Waals surface area contributed by atoms with Crippen LogP contribution in [0.25, 0.3) is 10.2 Å². The second-order valence-electron chi connectivity index (χ2n) is 9.88. The van der Waals surface area contributed by atoms with Crippen molar-refractivity contribution in [2.45, 2.75) is 32.4 Å². The van der Waals surface area contributed by atoms with Gasteiger partial charge in [-0.15, -0.1) is 11.3 Å². The lowest BCUT2D eigenvalue weighted by atomic mass is 9.93. The van der Waals surface area contributed by atoms with Gasteiger partial charge in [0.15, 0.2) is 0 Å². The molecule has 5 rings (SSSR count). The van der Waals surface area contributed by atoms with Crippen LogP contribution in [-0.2, 0) is 23.3 Å². The van der Waals surface area contributed by atoms with Gasteiger partial charge >= 0.3 is 0 Å². The van der Waals surface area contributed by atoms with E-state index < -0.39 is 0 Å². The van der Waals surface area contributed by atoms with E-state index >= 15 is 0 Å². The van der Waals surface area contributed by atoms with Crippen LogP contribution in [0.1, 0.15) is 29.9 Å². The number of halogens is 2. The van der Waals surface area contributed by atoms with Crippen molar-refractivity contribution in [2.75, 3.05) is 25.5 Å². The highest BCUT2D eigenvalue weighted by atomic mass is 35.5. The second kappa shape index (κ2) is 11.0. The maximum Gasteiger partial charge on any atom is 0.246 e. The van der Waals surface area contributed by atoms with Crippen molar-refractivity contribution in [3.05, 3.63) is 93.1 Å². The molecule has 4 aromatic rings. The summed E-state index contributed by atoms with van der Waals surface area (Å²) in [6, 6.07) is 15.8. The number of nitrogens with one attached hydrogen (secondary N) is 1. The molecule has 0 spiro atoms. The average molecular weight is 567 g/mol. The highest BCUT2D eigenvalue weighted by Crippen LogP contribution is 2.38. The van der Waals surface area contributed by atoms with Crippen LogP contribution in [0.4, 0.5) is 11.5 Å². The smallest absolute Gasteiger partial charge is 0.246 e. The van der Waals surface area contributed by atoms with Crippen molar-refractivity contribution in [3.8, 4) is 0 Å². The van der Waals surface area contributed by atoms with Gasteiger partial charge in [0.05, 0.1) is 22.0 Å². The molecule has 6 nitrogen and oxygen atoms in total. The number of anilines is 2. The van der Waals surface area contributed by atoms with Gasteiger partial charge in [-0.25, -0.2) is 9.97 Å². The SMILES string of the molecule is CN(C/C=C/C(=O)N1CCc2c(sc3ncnc(Nc4ccc(Cl)c(Cl)c4)c23)C1)C(C)(C)c1ccccc1. The summed E-state index contributed by atoms with van der Waals surface area (Å²) in [5.74, 6) is 0.758. The predicted molar refractivity (Wildman–Crippen MR) is 158 cm³/mol. The Balaban J connectivity index is 1.28. The molecule has 38 heavy (non-hydrogen) atoms. The number of carbonyl (C=O) groups is 1. The molecule has 1 aliphatic heterocycles. The molecule has 0 radical (unpaired) electrons. The van der Waals surface area contributed by atoms with E-state index in [1.165, 1.54) is 11.1 Å². The maximum atomic E-state index is 13.1. The second-order valence-corrected chi connectivity index (χ2v) is 11.8. The summed E-state index contributed by atoms with van der Waals surface area (Å²) in [6.07, 6.45) is 5.97. The van der Waals surface area contributed by atoms with Crippen molar-refractivity contribution in [1.29, 1.82) is 0 Å². The van der Waals surface area contributed by atoms with Gasteiger partial charge in [0.25, 0.3) is 0 Å². The van der Waals surface area contributed by atoms with E-state index in [-0.39, 0.29) is 11.4 Å². The lowest BCUT2D eigenvalue weighted by molar-refractivity contribution is -0.126. The number of aromatic nitrogens is 2. The van der Waals surface area contributed by atoms with Crippen LogP contribution in [-0.4, -0.2) is 45.8 Å². The van der Waals surface area contributed by atoms with Crippen LogP contribution in [0.3, 0.4) is 0 Å². The normalized spacial score (nSPS) is 13.9. The van der Waals surface area contributed by atoms with E-state index in [9.17, 15) is 4.79 Å². The number of nitrogens with zero attached hydrogens (tertiary/aromatic N) is 4. The lowest BCUT2D eigenvalue weighted by Gasteiger charge is -2.35. The summed E-state index contributed by atoms with van der Waals surface area (Å²) in [6.45, 7) is 6.28.